The molecular formula is C22H22N4O3S. The van der Waals surface area contributed by atoms with E-state index in [1.807, 2.05) is 54.6 Å². The van der Waals surface area contributed by atoms with Crippen LogP contribution in [0.3, 0.4) is 0 Å². The van der Waals surface area contributed by atoms with Gasteiger partial charge in [-0.05, 0) is 60.7 Å². The highest BCUT2D eigenvalue weighted by molar-refractivity contribution is 7.99. The molecule has 0 saturated heterocycles. The molecule has 8 heteroatoms. The first-order valence-corrected chi connectivity index (χ1v) is 10.4. The van der Waals surface area contributed by atoms with Crippen LogP contribution in [0, 0.1) is 13.8 Å². The van der Waals surface area contributed by atoms with Crippen LogP contribution in [-0.2, 0) is 4.79 Å². The molecule has 1 amide bonds. The van der Waals surface area contributed by atoms with E-state index < -0.39 is 0 Å². The Kier molecular flexibility index (Phi) is 5.50. The number of thioether (sulfide) groups is 1. The lowest BCUT2D eigenvalue weighted by Crippen LogP contribution is -2.15. The van der Waals surface area contributed by atoms with E-state index in [1.165, 1.54) is 11.8 Å². The number of pyridine rings is 1. The number of rotatable bonds is 6. The van der Waals surface area contributed by atoms with Gasteiger partial charge in [-0.3, -0.25) is 9.20 Å². The van der Waals surface area contributed by atoms with E-state index in [2.05, 4.69) is 21.6 Å². The molecule has 30 heavy (non-hydrogen) atoms. The summed E-state index contributed by atoms with van der Waals surface area (Å²) in [5.74, 6) is 1.43. The SMILES string of the molecule is COc1ccc2cc(C)c3nnc(SCC(=O)Nc4cc(C)ccc4OC)n3c2c1. The molecule has 7 nitrogen and oxygen atoms in total. The van der Waals surface area contributed by atoms with Crippen LogP contribution in [0.15, 0.2) is 47.6 Å². The van der Waals surface area contributed by atoms with E-state index >= 15 is 0 Å². The van der Waals surface area contributed by atoms with Gasteiger partial charge in [0.05, 0.1) is 31.2 Å². The monoisotopic (exact) mass is 422 g/mol. The molecule has 2 aromatic heterocycles. The maximum Gasteiger partial charge on any atom is 0.234 e. The van der Waals surface area contributed by atoms with Crippen molar-refractivity contribution in [2.24, 2.45) is 0 Å². The van der Waals surface area contributed by atoms with Gasteiger partial charge >= 0.3 is 0 Å². The third kappa shape index (κ3) is 3.78. The number of amides is 1. The highest BCUT2D eigenvalue weighted by Crippen LogP contribution is 2.29. The summed E-state index contributed by atoms with van der Waals surface area (Å²) in [4.78, 5) is 12.6. The fraction of sp³-hybridized carbons (Fsp3) is 0.227. The van der Waals surface area contributed by atoms with Gasteiger partial charge in [-0.2, -0.15) is 0 Å². The molecule has 1 N–H and O–H groups in total. The fourth-order valence-corrected chi connectivity index (χ4v) is 4.08. The Bertz CT molecular complexity index is 1250. The van der Waals surface area contributed by atoms with Gasteiger partial charge in [0.25, 0.3) is 0 Å². The minimum absolute atomic E-state index is 0.143. The lowest BCUT2D eigenvalue weighted by atomic mass is 10.1. The van der Waals surface area contributed by atoms with Crippen molar-refractivity contribution in [2.75, 3.05) is 25.3 Å². The van der Waals surface area contributed by atoms with Gasteiger partial charge in [0, 0.05) is 6.07 Å². The number of benzene rings is 2. The highest BCUT2D eigenvalue weighted by atomic mass is 32.2. The molecule has 0 aliphatic carbocycles. The molecule has 0 saturated carbocycles. The molecule has 0 bridgehead atoms. The Morgan fingerprint density at radius 3 is 2.67 bits per heavy atom. The number of carbonyl (C=O) groups is 1. The molecular weight excluding hydrogens is 400 g/mol. The minimum atomic E-state index is -0.143. The zero-order chi connectivity index (χ0) is 21.3. The normalized spacial score (nSPS) is 11.1. The van der Waals surface area contributed by atoms with Crippen molar-refractivity contribution in [3.8, 4) is 11.5 Å². The van der Waals surface area contributed by atoms with Crippen LogP contribution in [0.5, 0.6) is 11.5 Å². The smallest absolute Gasteiger partial charge is 0.234 e. The molecule has 0 aliphatic rings. The van der Waals surface area contributed by atoms with Crippen molar-refractivity contribution in [3.05, 3.63) is 53.6 Å². The number of carbonyl (C=O) groups excluding carboxylic acids is 1. The van der Waals surface area contributed by atoms with Crippen molar-refractivity contribution in [1.82, 2.24) is 14.6 Å². The molecule has 4 aromatic rings. The Morgan fingerprint density at radius 2 is 1.90 bits per heavy atom. The molecule has 0 spiro atoms. The van der Waals surface area contributed by atoms with Crippen LogP contribution in [0.4, 0.5) is 5.69 Å². The Morgan fingerprint density at radius 1 is 1.07 bits per heavy atom. The summed E-state index contributed by atoms with van der Waals surface area (Å²) in [5.41, 5.74) is 4.40. The number of fused-ring (bicyclic) bond motifs is 3. The van der Waals surface area contributed by atoms with E-state index in [4.69, 9.17) is 9.47 Å². The van der Waals surface area contributed by atoms with Crippen molar-refractivity contribution in [1.29, 1.82) is 0 Å². The summed E-state index contributed by atoms with van der Waals surface area (Å²) in [6.45, 7) is 3.97. The number of anilines is 1. The molecule has 154 valence electrons. The largest absolute Gasteiger partial charge is 0.497 e. The summed E-state index contributed by atoms with van der Waals surface area (Å²) in [7, 11) is 3.22. The molecule has 2 aromatic carbocycles. The Balaban J connectivity index is 1.61. The summed E-state index contributed by atoms with van der Waals surface area (Å²) in [6.07, 6.45) is 0. The lowest BCUT2D eigenvalue weighted by Gasteiger charge is -2.11. The summed E-state index contributed by atoms with van der Waals surface area (Å²) < 4.78 is 12.7. The quantitative estimate of drug-likeness (QED) is 0.468. The van der Waals surface area contributed by atoms with E-state index in [1.54, 1.807) is 14.2 Å². The Hall–Kier alpha value is -3.26. The number of aromatic nitrogens is 3. The van der Waals surface area contributed by atoms with Crippen molar-refractivity contribution in [3.63, 3.8) is 0 Å². The maximum atomic E-state index is 12.6. The molecule has 0 unspecified atom stereocenters. The van der Waals surface area contributed by atoms with Gasteiger partial charge in [-0.15, -0.1) is 10.2 Å². The average Bonchev–Trinajstić information content (AvgIpc) is 3.17. The average molecular weight is 423 g/mol. The maximum absolute atomic E-state index is 12.6. The van der Waals surface area contributed by atoms with Crippen molar-refractivity contribution < 1.29 is 14.3 Å². The fourth-order valence-electron chi connectivity index (χ4n) is 3.34. The standard InChI is InChI=1S/C22H22N4O3S/c1-13-5-8-19(29-4)17(9-13)23-20(27)12-30-22-25-24-21-14(2)10-15-6-7-16(28-3)11-18(15)26(21)22/h5-11H,12H2,1-4H3,(H,23,27). The first-order chi connectivity index (χ1) is 14.5. The highest BCUT2D eigenvalue weighted by Gasteiger charge is 2.15. The van der Waals surface area contributed by atoms with Gasteiger partial charge in [-0.1, -0.05) is 17.8 Å². The number of nitrogens with zero attached hydrogens (tertiary/aromatic N) is 3. The first kappa shape index (κ1) is 20.0. The molecule has 0 radical (unpaired) electrons. The number of hydrogen-bond donors (Lipinski definition) is 1. The number of aryl methyl sites for hydroxylation is 2. The summed E-state index contributed by atoms with van der Waals surface area (Å²) in [6, 6.07) is 13.6. The Labute approximate surface area is 178 Å². The van der Waals surface area contributed by atoms with Gasteiger partial charge < -0.3 is 14.8 Å². The minimum Gasteiger partial charge on any atom is -0.497 e. The predicted molar refractivity (Wildman–Crippen MR) is 119 cm³/mol. The molecule has 0 atom stereocenters. The zero-order valence-electron chi connectivity index (χ0n) is 17.2. The topological polar surface area (TPSA) is 77.8 Å². The second-order valence-electron chi connectivity index (χ2n) is 6.93. The van der Waals surface area contributed by atoms with Gasteiger partial charge in [0.1, 0.15) is 11.5 Å². The lowest BCUT2D eigenvalue weighted by molar-refractivity contribution is -0.113. The molecule has 2 heterocycles. The second kappa shape index (κ2) is 8.23. The zero-order valence-corrected chi connectivity index (χ0v) is 18.0. The molecule has 0 fully saturated rings. The molecule has 4 rings (SSSR count). The van der Waals surface area contributed by atoms with Gasteiger partial charge in [0.15, 0.2) is 10.8 Å². The summed E-state index contributed by atoms with van der Waals surface area (Å²) >= 11 is 1.33. The van der Waals surface area contributed by atoms with E-state index in [0.29, 0.717) is 16.6 Å². The van der Waals surface area contributed by atoms with Crippen LogP contribution in [0.2, 0.25) is 0 Å². The van der Waals surface area contributed by atoms with Gasteiger partial charge in [-0.25, -0.2) is 0 Å². The van der Waals surface area contributed by atoms with Crippen molar-refractivity contribution in [2.45, 2.75) is 19.0 Å². The van der Waals surface area contributed by atoms with E-state index in [9.17, 15) is 4.79 Å². The first-order valence-electron chi connectivity index (χ1n) is 9.40. The second-order valence-corrected chi connectivity index (χ2v) is 7.88. The third-order valence-corrected chi connectivity index (χ3v) is 5.73. The van der Waals surface area contributed by atoms with Gasteiger partial charge in [0.2, 0.25) is 5.91 Å². The molecule has 0 aliphatic heterocycles. The summed E-state index contributed by atoms with van der Waals surface area (Å²) in [5, 5.41) is 13.3. The number of ether oxygens (including phenoxy) is 2. The van der Waals surface area contributed by atoms with Crippen LogP contribution < -0.4 is 14.8 Å². The van der Waals surface area contributed by atoms with Crippen LogP contribution in [0.1, 0.15) is 11.1 Å². The van der Waals surface area contributed by atoms with Crippen LogP contribution in [-0.4, -0.2) is 40.5 Å². The third-order valence-electron chi connectivity index (χ3n) is 4.80. The van der Waals surface area contributed by atoms with E-state index in [-0.39, 0.29) is 11.7 Å². The number of nitrogens with one attached hydrogen (secondary N) is 1. The number of methoxy groups -OCH3 is 2. The number of hydrogen-bond acceptors (Lipinski definition) is 6. The van der Waals surface area contributed by atoms with Crippen LogP contribution >= 0.6 is 11.8 Å². The van der Waals surface area contributed by atoms with Crippen LogP contribution in [0.25, 0.3) is 16.6 Å². The van der Waals surface area contributed by atoms with E-state index in [0.717, 1.165) is 33.4 Å². The van der Waals surface area contributed by atoms with Crippen molar-refractivity contribution >= 4 is 39.9 Å². The predicted octanol–water partition coefficient (Wildman–Crippen LogP) is 4.25.